The van der Waals surface area contributed by atoms with Gasteiger partial charge in [0.05, 0.1) is 5.69 Å². The molecule has 2 aromatic heterocycles. The normalized spacial score (nSPS) is 13.1. The minimum Gasteiger partial charge on any atom is -0.355 e. The molecule has 5 rings (SSSR count). The third-order valence-corrected chi connectivity index (χ3v) is 5.71. The number of benzene rings is 2. The van der Waals surface area contributed by atoms with Crippen LogP contribution in [0.25, 0.3) is 22.7 Å². The second-order valence-corrected chi connectivity index (χ2v) is 7.91. The first-order valence-corrected chi connectivity index (χ1v) is 11.0. The van der Waals surface area contributed by atoms with Crippen molar-refractivity contribution < 1.29 is 14.1 Å². The zero-order valence-electron chi connectivity index (χ0n) is 18.0. The van der Waals surface area contributed by atoms with Gasteiger partial charge >= 0.3 is 0 Å². The summed E-state index contributed by atoms with van der Waals surface area (Å²) < 4.78 is 7.39. The first kappa shape index (κ1) is 20.7. The average Bonchev–Trinajstić information content (AvgIpc) is 3.42. The fourth-order valence-electron chi connectivity index (χ4n) is 4.07. The number of nitrogens with one attached hydrogen (secondary N) is 2. The Hall–Kier alpha value is -4.20. The van der Waals surface area contributed by atoms with Crippen molar-refractivity contribution in [2.45, 2.75) is 32.2 Å². The van der Waals surface area contributed by atoms with Gasteiger partial charge in [0, 0.05) is 23.7 Å². The lowest BCUT2D eigenvalue weighted by molar-refractivity contribution is 0.0838. The highest BCUT2D eigenvalue weighted by Gasteiger charge is 2.25. The lowest BCUT2D eigenvalue weighted by Crippen LogP contribution is -2.42. The number of carbonyl (C=O) groups is 2. The Balaban J connectivity index is 1.33. The molecule has 33 heavy (non-hydrogen) atoms. The number of imidazole rings is 1. The summed E-state index contributed by atoms with van der Waals surface area (Å²) in [6.45, 7) is 0.813. The van der Waals surface area contributed by atoms with E-state index in [1.807, 2.05) is 60.7 Å². The van der Waals surface area contributed by atoms with Crippen molar-refractivity contribution in [2.24, 2.45) is 0 Å². The van der Waals surface area contributed by atoms with E-state index in [1.165, 1.54) is 6.07 Å². The highest BCUT2D eigenvalue weighted by Crippen LogP contribution is 2.27. The Kier molecular flexibility index (Phi) is 5.72. The van der Waals surface area contributed by atoms with Crippen LogP contribution < -0.4 is 10.9 Å². The van der Waals surface area contributed by atoms with Crippen LogP contribution in [0.5, 0.6) is 0 Å². The molecule has 0 atom stereocenters. The molecular weight excluding hydrogens is 418 g/mol. The summed E-state index contributed by atoms with van der Waals surface area (Å²) in [6.07, 6.45) is 3.90. The van der Waals surface area contributed by atoms with Gasteiger partial charge in [-0.15, -0.1) is 0 Å². The van der Waals surface area contributed by atoms with E-state index in [4.69, 9.17) is 4.52 Å². The number of hydrazine groups is 1. The predicted molar refractivity (Wildman–Crippen MR) is 122 cm³/mol. The summed E-state index contributed by atoms with van der Waals surface area (Å²) in [5.41, 5.74) is 7.98. The van der Waals surface area contributed by atoms with Gasteiger partial charge in [0.25, 0.3) is 11.8 Å². The Morgan fingerprint density at radius 3 is 2.30 bits per heavy atom. The summed E-state index contributed by atoms with van der Waals surface area (Å²) in [7, 11) is 0. The second kappa shape index (κ2) is 9.12. The third-order valence-electron chi connectivity index (χ3n) is 5.71. The SMILES string of the molecule is O=C(NNC(=O)c1nc(-c2ccccc2)n2c1CCCCC2)c1cc(-c2ccccc2)on1. The van der Waals surface area contributed by atoms with Crippen LogP contribution in [0, 0.1) is 0 Å². The number of rotatable bonds is 4. The van der Waals surface area contributed by atoms with Gasteiger partial charge in [-0.05, 0) is 19.3 Å². The minimum atomic E-state index is -0.567. The van der Waals surface area contributed by atoms with E-state index in [0.29, 0.717) is 11.5 Å². The predicted octanol–water partition coefficient (Wildman–Crippen LogP) is 4.01. The van der Waals surface area contributed by atoms with Gasteiger partial charge in [-0.3, -0.25) is 20.4 Å². The van der Waals surface area contributed by atoms with Gasteiger partial charge in [-0.25, -0.2) is 4.98 Å². The smallest absolute Gasteiger partial charge is 0.291 e. The molecule has 3 heterocycles. The summed E-state index contributed by atoms with van der Waals surface area (Å²) >= 11 is 0. The monoisotopic (exact) mass is 441 g/mol. The highest BCUT2D eigenvalue weighted by molar-refractivity contribution is 5.98. The molecule has 8 heteroatoms. The topological polar surface area (TPSA) is 102 Å². The van der Waals surface area contributed by atoms with E-state index in [2.05, 4.69) is 25.6 Å². The summed E-state index contributed by atoms with van der Waals surface area (Å²) in [4.78, 5) is 30.2. The Bertz CT molecular complexity index is 1280. The molecule has 166 valence electrons. The van der Waals surface area contributed by atoms with Crippen molar-refractivity contribution in [3.8, 4) is 22.7 Å². The molecule has 4 aromatic rings. The van der Waals surface area contributed by atoms with Crippen molar-refractivity contribution in [3.63, 3.8) is 0 Å². The molecule has 0 fully saturated rings. The fourth-order valence-corrected chi connectivity index (χ4v) is 4.07. The van der Waals surface area contributed by atoms with Crippen LogP contribution in [-0.2, 0) is 13.0 Å². The maximum absolute atomic E-state index is 13.0. The number of hydrogen-bond donors (Lipinski definition) is 2. The molecule has 0 aliphatic carbocycles. The molecule has 0 bridgehead atoms. The summed E-state index contributed by atoms with van der Waals surface area (Å²) in [5.74, 6) is 0.220. The van der Waals surface area contributed by atoms with Gasteiger partial charge in [0.1, 0.15) is 5.82 Å². The Morgan fingerprint density at radius 1 is 0.848 bits per heavy atom. The molecule has 1 aliphatic heterocycles. The third kappa shape index (κ3) is 4.27. The average molecular weight is 441 g/mol. The van der Waals surface area contributed by atoms with Crippen LogP contribution in [0.15, 0.2) is 71.3 Å². The number of fused-ring (bicyclic) bond motifs is 1. The summed E-state index contributed by atoms with van der Waals surface area (Å²) in [5, 5.41) is 3.81. The first-order valence-electron chi connectivity index (χ1n) is 11.0. The van der Waals surface area contributed by atoms with E-state index in [1.54, 1.807) is 0 Å². The van der Waals surface area contributed by atoms with Gasteiger partial charge in [0.2, 0.25) is 0 Å². The van der Waals surface area contributed by atoms with Gasteiger partial charge < -0.3 is 9.09 Å². The molecule has 0 radical (unpaired) electrons. The van der Waals surface area contributed by atoms with Crippen LogP contribution in [0.3, 0.4) is 0 Å². The zero-order valence-corrected chi connectivity index (χ0v) is 18.0. The Morgan fingerprint density at radius 2 is 1.55 bits per heavy atom. The molecule has 2 N–H and O–H groups in total. The van der Waals surface area contributed by atoms with Crippen LogP contribution in [0.4, 0.5) is 0 Å². The van der Waals surface area contributed by atoms with E-state index < -0.39 is 11.8 Å². The van der Waals surface area contributed by atoms with E-state index in [9.17, 15) is 9.59 Å². The van der Waals surface area contributed by atoms with E-state index in [0.717, 1.165) is 54.9 Å². The maximum atomic E-state index is 13.0. The van der Waals surface area contributed by atoms with Gasteiger partial charge in [-0.1, -0.05) is 72.2 Å². The molecule has 2 aromatic carbocycles. The van der Waals surface area contributed by atoms with E-state index in [-0.39, 0.29) is 5.69 Å². The van der Waals surface area contributed by atoms with Crippen molar-refractivity contribution in [1.29, 1.82) is 0 Å². The molecule has 2 amide bonds. The minimum absolute atomic E-state index is 0.0720. The lowest BCUT2D eigenvalue weighted by atomic mass is 10.1. The number of amides is 2. The molecule has 0 spiro atoms. The molecule has 8 nitrogen and oxygen atoms in total. The van der Waals surface area contributed by atoms with Crippen molar-refractivity contribution in [2.75, 3.05) is 0 Å². The van der Waals surface area contributed by atoms with Crippen LogP contribution in [0.1, 0.15) is 45.9 Å². The first-order chi connectivity index (χ1) is 16.2. The number of aromatic nitrogens is 3. The number of hydrogen-bond acceptors (Lipinski definition) is 5. The molecular formula is C25H23N5O3. The standard InChI is InChI=1S/C25H23N5O3/c31-24(19-16-21(33-29-19)17-10-4-1-5-11-17)27-28-25(32)22-20-14-8-3-9-15-30(20)23(26-22)18-12-6-2-7-13-18/h1-2,4-7,10-13,16H,3,8-9,14-15H2,(H,27,31)(H,28,32). The molecule has 0 saturated carbocycles. The van der Waals surface area contributed by atoms with Crippen LogP contribution in [-0.4, -0.2) is 26.5 Å². The largest absolute Gasteiger partial charge is 0.355 e. The van der Waals surface area contributed by atoms with Crippen molar-refractivity contribution in [1.82, 2.24) is 25.6 Å². The maximum Gasteiger partial charge on any atom is 0.291 e. The van der Waals surface area contributed by atoms with E-state index >= 15 is 0 Å². The van der Waals surface area contributed by atoms with Crippen LogP contribution >= 0.6 is 0 Å². The van der Waals surface area contributed by atoms with Gasteiger partial charge in [-0.2, -0.15) is 0 Å². The van der Waals surface area contributed by atoms with Gasteiger partial charge in [0.15, 0.2) is 17.1 Å². The molecule has 1 aliphatic rings. The summed E-state index contributed by atoms with van der Waals surface area (Å²) in [6, 6.07) is 20.7. The highest BCUT2D eigenvalue weighted by atomic mass is 16.5. The zero-order chi connectivity index (χ0) is 22.6. The Labute approximate surface area is 190 Å². The van der Waals surface area contributed by atoms with Crippen molar-refractivity contribution >= 4 is 11.8 Å². The lowest BCUT2D eigenvalue weighted by Gasteiger charge is -2.09. The fraction of sp³-hybridized carbons (Fsp3) is 0.200. The van der Waals surface area contributed by atoms with Crippen molar-refractivity contribution in [3.05, 3.63) is 83.8 Å². The number of carbonyl (C=O) groups excluding carboxylic acids is 2. The quantitative estimate of drug-likeness (QED) is 0.466. The van der Waals surface area contributed by atoms with Crippen LogP contribution in [0.2, 0.25) is 0 Å². The molecule has 0 unspecified atom stereocenters. The second-order valence-electron chi connectivity index (χ2n) is 7.91. The molecule has 0 saturated heterocycles. The number of nitrogens with zero attached hydrogens (tertiary/aromatic N) is 3.